The Labute approximate surface area is 79.4 Å². The minimum atomic E-state index is 0.299. The molecule has 1 aromatic carbocycles. The van der Waals surface area contributed by atoms with Crippen molar-refractivity contribution in [1.82, 2.24) is 0 Å². The molecule has 72 valence electrons. The molecule has 0 fully saturated rings. The van der Waals surface area contributed by atoms with E-state index in [1.54, 1.807) is 18.2 Å². The van der Waals surface area contributed by atoms with E-state index in [4.69, 9.17) is 5.73 Å². The Kier molecular flexibility index (Phi) is 3.18. The van der Waals surface area contributed by atoms with E-state index < -0.39 is 0 Å². The number of rotatable bonds is 3. The Morgan fingerprint density at radius 2 is 2.08 bits per heavy atom. The Morgan fingerprint density at radius 3 is 2.69 bits per heavy atom. The van der Waals surface area contributed by atoms with Crippen molar-refractivity contribution in [3.05, 3.63) is 23.8 Å². The number of benzene rings is 1. The fourth-order valence-corrected chi connectivity index (χ4v) is 1.25. The molecule has 0 atom stereocenters. The lowest BCUT2D eigenvalue weighted by Gasteiger charge is -2.07. The molecule has 0 bridgehead atoms. The monoisotopic (exact) mass is 179 g/mol. The molecule has 0 aliphatic heterocycles. The standard InChI is InChI=1S/C11H17NO/c1-8(2)3-4-9-7-10(13)5-6-11(9)12/h5-8,13H,3-4,12H2,1-2H3. The summed E-state index contributed by atoms with van der Waals surface area (Å²) in [6, 6.07) is 5.12. The molecule has 1 rings (SSSR count). The number of nitrogen functional groups attached to an aromatic ring is 1. The number of phenols is 1. The van der Waals surface area contributed by atoms with E-state index >= 15 is 0 Å². The van der Waals surface area contributed by atoms with Crippen LogP contribution in [-0.4, -0.2) is 5.11 Å². The maximum absolute atomic E-state index is 9.25. The van der Waals surface area contributed by atoms with E-state index in [1.165, 1.54) is 0 Å². The van der Waals surface area contributed by atoms with Crippen LogP contribution in [0.1, 0.15) is 25.8 Å². The number of anilines is 1. The lowest BCUT2D eigenvalue weighted by Crippen LogP contribution is -1.97. The highest BCUT2D eigenvalue weighted by molar-refractivity contribution is 5.50. The number of aromatic hydroxyl groups is 1. The second-order valence-electron chi connectivity index (χ2n) is 3.82. The first-order chi connectivity index (χ1) is 6.09. The second-order valence-corrected chi connectivity index (χ2v) is 3.82. The van der Waals surface area contributed by atoms with Crippen molar-refractivity contribution in [1.29, 1.82) is 0 Å². The van der Waals surface area contributed by atoms with Crippen LogP contribution in [0, 0.1) is 5.92 Å². The molecular weight excluding hydrogens is 162 g/mol. The van der Waals surface area contributed by atoms with E-state index in [2.05, 4.69) is 13.8 Å². The molecule has 13 heavy (non-hydrogen) atoms. The maximum Gasteiger partial charge on any atom is 0.116 e. The average Bonchev–Trinajstić information content (AvgIpc) is 2.06. The minimum absolute atomic E-state index is 0.299. The van der Waals surface area contributed by atoms with Crippen LogP contribution in [0.5, 0.6) is 5.75 Å². The van der Waals surface area contributed by atoms with Crippen LogP contribution in [0.15, 0.2) is 18.2 Å². The molecule has 1 aromatic rings. The first-order valence-corrected chi connectivity index (χ1v) is 4.67. The number of aryl methyl sites for hydroxylation is 1. The molecule has 0 aromatic heterocycles. The topological polar surface area (TPSA) is 46.2 Å². The van der Waals surface area contributed by atoms with E-state index in [-0.39, 0.29) is 0 Å². The molecule has 2 nitrogen and oxygen atoms in total. The Hall–Kier alpha value is -1.18. The van der Waals surface area contributed by atoms with Crippen LogP contribution in [0.4, 0.5) is 5.69 Å². The van der Waals surface area contributed by atoms with Gasteiger partial charge in [-0.3, -0.25) is 0 Å². The van der Waals surface area contributed by atoms with Crippen molar-refractivity contribution in [2.45, 2.75) is 26.7 Å². The molecule has 0 heterocycles. The van der Waals surface area contributed by atoms with Crippen molar-refractivity contribution in [2.75, 3.05) is 5.73 Å². The molecule has 0 aliphatic rings. The van der Waals surface area contributed by atoms with Crippen LogP contribution >= 0.6 is 0 Å². The van der Waals surface area contributed by atoms with Gasteiger partial charge in [0.15, 0.2) is 0 Å². The lowest BCUT2D eigenvalue weighted by molar-refractivity contribution is 0.474. The number of hydrogen-bond acceptors (Lipinski definition) is 2. The molecule has 0 saturated carbocycles. The predicted octanol–water partition coefficient (Wildman–Crippen LogP) is 2.56. The van der Waals surface area contributed by atoms with Gasteiger partial charge in [0.1, 0.15) is 5.75 Å². The fourth-order valence-electron chi connectivity index (χ4n) is 1.25. The van der Waals surface area contributed by atoms with E-state index in [9.17, 15) is 5.11 Å². The van der Waals surface area contributed by atoms with Crippen molar-refractivity contribution in [2.24, 2.45) is 5.92 Å². The zero-order chi connectivity index (χ0) is 9.84. The zero-order valence-electron chi connectivity index (χ0n) is 8.25. The van der Waals surface area contributed by atoms with Gasteiger partial charge in [-0.05, 0) is 42.5 Å². The SMILES string of the molecule is CC(C)CCc1cc(O)ccc1N. The predicted molar refractivity (Wildman–Crippen MR) is 55.7 cm³/mol. The Bertz CT molecular complexity index is 281. The van der Waals surface area contributed by atoms with Gasteiger partial charge in [0.2, 0.25) is 0 Å². The smallest absolute Gasteiger partial charge is 0.116 e. The molecule has 2 heteroatoms. The van der Waals surface area contributed by atoms with Gasteiger partial charge in [0.05, 0.1) is 0 Å². The van der Waals surface area contributed by atoms with Crippen LogP contribution < -0.4 is 5.73 Å². The van der Waals surface area contributed by atoms with Crippen molar-refractivity contribution >= 4 is 5.69 Å². The van der Waals surface area contributed by atoms with Crippen LogP contribution in [0.2, 0.25) is 0 Å². The van der Waals surface area contributed by atoms with E-state index in [0.29, 0.717) is 11.7 Å². The maximum atomic E-state index is 9.25. The quantitative estimate of drug-likeness (QED) is 0.553. The van der Waals surface area contributed by atoms with Gasteiger partial charge in [0, 0.05) is 5.69 Å². The van der Waals surface area contributed by atoms with Gasteiger partial charge in [-0.15, -0.1) is 0 Å². The zero-order valence-corrected chi connectivity index (χ0v) is 8.25. The summed E-state index contributed by atoms with van der Waals surface area (Å²) < 4.78 is 0. The van der Waals surface area contributed by atoms with Crippen molar-refractivity contribution < 1.29 is 5.11 Å². The summed E-state index contributed by atoms with van der Waals surface area (Å²) in [5.41, 5.74) is 7.59. The summed E-state index contributed by atoms with van der Waals surface area (Å²) in [6.07, 6.45) is 2.05. The molecule has 0 spiro atoms. The first-order valence-electron chi connectivity index (χ1n) is 4.67. The molecule has 0 saturated heterocycles. The van der Waals surface area contributed by atoms with E-state index in [0.717, 1.165) is 24.1 Å². The summed E-state index contributed by atoms with van der Waals surface area (Å²) in [5.74, 6) is 0.967. The molecule has 0 unspecified atom stereocenters. The van der Waals surface area contributed by atoms with Crippen molar-refractivity contribution in [3.63, 3.8) is 0 Å². The lowest BCUT2D eigenvalue weighted by atomic mass is 10.0. The summed E-state index contributed by atoms with van der Waals surface area (Å²) in [4.78, 5) is 0. The van der Waals surface area contributed by atoms with E-state index in [1.807, 2.05) is 0 Å². The molecule has 0 aliphatic carbocycles. The largest absolute Gasteiger partial charge is 0.508 e. The van der Waals surface area contributed by atoms with Gasteiger partial charge in [0.25, 0.3) is 0 Å². The third-order valence-electron chi connectivity index (χ3n) is 2.12. The number of nitrogens with two attached hydrogens (primary N) is 1. The first kappa shape index (κ1) is 9.90. The van der Waals surface area contributed by atoms with Gasteiger partial charge in [-0.2, -0.15) is 0 Å². The highest BCUT2D eigenvalue weighted by Gasteiger charge is 2.01. The third kappa shape index (κ3) is 2.98. The Morgan fingerprint density at radius 1 is 1.38 bits per heavy atom. The highest BCUT2D eigenvalue weighted by Crippen LogP contribution is 2.20. The van der Waals surface area contributed by atoms with Gasteiger partial charge in [-0.1, -0.05) is 13.8 Å². The van der Waals surface area contributed by atoms with Gasteiger partial charge < -0.3 is 10.8 Å². The molecule has 3 N–H and O–H groups in total. The van der Waals surface area contributed by atoms with Crippen molar-refractivity contribution in [3.8, 4) is 5.75 Å². The van der Waals surface area contributed by atoms with Crippen LogP contribution in [-0.2, 0) is 6.42 Å². The van der Waals surface area contributed by atoms with Crippen LogP contribution in [0.25, 0.3) is 0 Å². The summed E-state index contributed by atoms with van der Waals surface area (Å²) in [7, 11) is 0. The molecule has 0 amide bonds. The van der Waals surface area contributed by atoms with Gasteiger partial charge >= 0.3 is 0 Å². The number of phenolic OH excluding ortho intramolecular Hbond substituents is 1. The normalized spacial score (nSPS) is 10.7. The summed E-state index contributed by atoms with van der Waals surface area (Å²) >= 11 is 0. The molecular formula is C11H17NO. The summed E-state index contributed by atoms with van der Waals surface area (Å²) in [5, 5.41) is 9.25. The summed E-state index contributed by atoms with van der Waals surface area (Å²) in [6.45, 7) is 4.36. The second kappa shape index (κ2) is 4.17. The molecule has 0 radical (unpaired) electrons. The van der Waals surface area contributed by atoms with Gasteiger partial charge in [-0.25, -0.2) is 0 Å². The number of hydrogen-bond donors (Lipinski definition) is 2. The van der Waals surface area contributed by atoms with Crippen LogP contribution in [0.3, 0.4) is 0 Å². The Balaban J connectivity index is 2.70. The highest BCUT2D eigenvalue weighted by atomic mass is 16.3. The fraction of sp³-hybridized carbons (Fsp3) is 0.455. The average molecular weight is 179 g/mol. The third-order valence-corrected chi connectivity index (χ3v) is 2.12. The minimum Gasteiger partial charge on any atom is -0.508 e.